The predicted octanol–water partition coefficient (Wildman–Crippen LogP) is 5.01. The summed E-state index contributed by atoms with van der Waals surface area (Å²) in [5, 5.41) is 0. The highest BCUT2D eigenvalue weighted by Gasteiger charge is 2.43. The van der Waals surface area contributed by atoms with Crippen molar-refractivity contribution in [2.75, 3.05) is 0 Å². The Morgan fingerprint density at radius 3 is 1.61 bits per heavy atom. The molecular weight excluding hydrogens is 253 g/mol. The second-order valence-electron chi connectivity index (χ2n) is 5.21. The van der Waals surface area contributed by atoms with Gasteiger partial charge in [-0.3, -0.25) is 0 Å². The quantitative estimate of drug-likeness (QED) is 0.630. The highest BCUT2D eigenvalue weighted by molar-refractivity contribution is 6.83. The number of halogens is 3. The Balaban J connectivity index is 2.16. The van der Waals surface area contributed by atoms with Gasteiger partial charge in [0.05, 0.1) is 8.07 Å². The average molecular weight is 270 g/mol. The first-order chi connectivity index (χ1) is 8.42. The van der Waals surface area contributed by atoms with Gasteiger partial charge in [-0.15, -0.1) is 0 Å². The van der Waals surface area contributed by atoms with E-state index < -0.39 is 20.7 Å². The van der Waals surface area contributed by atoms with Crippen LogP contribution in [0.5, 0.6) is 0 Å². The molecule has 2 aliphatic rings. The predicted molar refractivity (Wildman–Crippen MR) is 71.2 cm³/mol. The van der Waals surface area contributed by atoms with Gasteiger partial charge in [0.1, 0.15) is 0 Å². The van der Waals surface area contributed by atoms with Gasteiger partial charge in [-0.25, -0.2) is 0 Å². The summed E-state index contributed by atoms with van der Waals surface area (Å²) in [7, 11) is -2.06. The van der Waals surface area contributed by atoms with E-state index in [1.165, 1.54) is 0 Å². The number of hydrogen-bond acceptors (Lipinski definition) is 0. The van der Waals surface area contributed by atoms with Crippen LogP contribution >= 0.6 is 0 Å². The van der Waals surface area contributed by atoms with E-state index in [4.69, 9.17) is 0 Å². The topological polar surface area (TPSA) is 0 Å². The van der Waals surface area contributed by atoms with E-state index in [2.05, 4.69) is 30.9 Å². The van der Waals surface area contributed by atoms with E-state index in [9.17, 15) is 13.2 Å². The van der Waals surface area contributed by atoms with Crippen LogP contribution in [0.2, 0.25) is 23.7 Å². The van der Waals surface area contributed by atoms with Gasteiger partial charge in [-0.1, -0.05) is 55.2 Å². The lowest BCUT2D eigenvalue weighted by Gasteiger charge is -2.36. The zero-order valence-electron chi connectivity index (χ0n) is 10.3. The molecule has 0 aromatic heterocycles. The molecule has 0 heterocycles. The van der Waals surface area contributed by atoms with Crippen LogP contribution < -0.4 is 0 Å². The second-order valence-corrected chi connectivity index (χ2v) is 10.1. The van der Waals surface area contributed by atoms with Crippen LogP contribution in [0.3, 0.4) is 0 Å². The summed E-state index contributed by atoms with van der Waals surface area (Å²) in [6, 6.07) is 0.287. The average Bonchev–Trinajstić information content (AvgIpc) is 2.97. The van der Waals surface area contributed by atoms with E-state index in [1.54, 1.807) is 0 Å². The zero-order chi connectivity index (χ0) is 13.2. The summed E-state index contributed by atoms with van der Waals surface area (Å²) in [5.41, 5.74) is 0.439. The Hall–Kier alpha value is -1.03. The highest BCUT2D eigenvalue weighted by atomic mass is 28.3. The standard InChI is InChI=1S/C14H17F3Si/c1-18(11-10-14(15,16)17,12-6-2-3-7-12)13-8-4-5-9-13/h2-9,12-13H,10-11H2,1H3. The molecule has 0 radical (unpaired) electrons. The minimum absolute atomic E-state index is 0.220. The summed E-state index contributed by atoms with van der Waals surface area (Å²) in [5.74, 6) is 0. The molecule has 0 saturated heterocycles. The zero-order valence-corrected chi connectivity index (χ0v) is 11.3. The van der Waals surface area contributed by atoms with Crippen molar-refractivity contribution in [1.82, 2.24) is 0 Å². The van der Waals surface area contributed by atoms with Gasteiger partial charge < -0.3 is 0 Å². The van der Waals surface area contributed by atoms with Crippen molar-refractivity contribution in [2.45, 2.75) is 36.3 Å². The van der Waals surface area contributed by atoms with E-state index >= 15 is 0 Å². The van der Waals surface area contributed by atoms with Crippen LogP contribution in [0.25, 0.3) is 0 Å². The van der Waals surface area contributed by atoms with Gasteiger partial charge in [-0.05, 0) is 17.1 Å². The molecule has 0 bridgehead atoms. The monoisotopic (exact) mass is 270 g/mol. The van der Waals surface area contributed by atoms with Crippen molar-refractivity contribution in [2.24, 2.45) is 0 Å². The van der Waals surface area contributed by atoms with Crippen LogP contribution in [0.1, 0.15) is 6.42 Å². The number of allylic oxidation sites excluding steroid dienone is 8. The Kier molecular flexibility index (Phi) is 3.66. The molecule has 0 nitrogen and oxygen atoms in total. The second kappa shape index (κ2) is 4.92. The molecule has 0 unspecified atom stereocenters. The largest absolute Gasteiger partial charge is 0.388 e. The fraction of sp³-hybridized carbons (Fsp3) is 0.429. The summed E-state index contributed by atoms with van der Waals surface area (Å²) in [6.07, 6.45) is 11.3. The lowest BCUT2D eigenvalue weighted by Crippen LogP contribution is -2.39. The maximum Gasteiger partial charge on any atom is 0.388 e. The van der Waals surface area contributed by atoms with E-state index in [1.807, 2.05) is 24.3 Å². The lowest BCUT2D eigenvalue weighted by molar-refractivity contribution is -0.130. The van der Waals surface area contributed by atoms with Crippen LogP contribution in [-0.2, 0) is 0 Å². The van der Waals surface area contributed by atoms with Crippen LogP contribution in [0.4, 0.5) is 13.2 Å². The third-order valence-corrected chi connectivity index (χ3v) is 9.11. The Morgan fingerprint density at radius 2 is 1.28 bits per heavy atom. The third kappa shape index (κ3) is 2.86. The summed E-state index contributed by atoms with van der Waals surface area (Å²) in [4.78, 5) is 0. The molecule has 0 atom stereocenters. The number of alkyl halides is 3. The van der Waals surface area contributed by atoms with Crippen LogP contribution in [0, 0.1) is 0 Å². The van der Waals surface area contributed by atoms with Crippen molar-refractivity contribution in [1.29, 1.82) is 0 Å². The fourth-order valence-electron chi connectivity index (χ4n) is 2.71. The maximum absolute atomic E-state index is 12.5. The van der Waals surface area contributed by atoms with Gasteiger partial charge in [0.2, 0.25) is 0 Å². The minimum Gasteiger partial charge on any atom is -0.171 e. The summed E-state index contributed by atoms with van der Waals surface area (Å²) < 4.78 is 37.5. The third-order valence-electron chi connectivity index (χ3n) is 3.97. The summed E-state index contributed by atoms with van der Waals surface area (Å²) >= 11 is 0. The molecule has 0 aromatic carbocycles. The Bertz CT molecular complexity index is 363. The Labute approximate surface area is 107 Å². The normalized spacial score (nSPS) is 20.4. The first-order valence-electron chi connectivity index (χ1n) is 6.18. The highest BCUT2D eigenvalue weighted by Crippen LogP contribution is 2.45. The molecule has 0 N–H and O–H groups in total. The first kappa shape index (κ1) is 13.4. The molecule has 0 aromatic rings. The van der Waals surface area contributed by atoms with E-state index in [0.29, 0.717) is 0 Å². The molecule has 0 spiro atoms. The smallest absolute Gasteiger partial charge is 0.171 e. The van der Waals surface area contributed by atoms with Crippen molar-refractivity contribution in [3.63, 3.8) is 0 Å². The molecule has 2 rings (SSSR count). The van der Waals surface area contributed by atoms with Crippen molar-refractivity contribution < 1.29 is 13.2 Å². The Morgan fingerprint density at radius 1 is 0.889 bits per heavy atom. The summed E-state index contributed by atoms with van der Waals surface area (Å²) in [6.45, 7) is 2.09. The van der Waals surface area contributed by atoms with Crippen LogP contribution in [0.15, 0.2) is 48.6 Å². The van der Waals surface area contributed by atoms with Gasteiger partial charge >= 0.3 is 6.18 Å². The number of rotatable bonds is 4. The van der Waals surface area contributed by atoms with Gasteiger partial charge in [0, 0.05) is 6.42 Å². The fourth-order valence-corrected chi connectivity index (χ4v) is 6.85. The molecule has 4 heteroatoms. The van der Waals surface area contributed by atoms with E-state index in [-0.39, 0.29) is 17.1 Å². The maximum atomic E-state index is 12.5. The molecule has 0 saturated carbocycles. The van der Waals surface area contributed by atoms with E-state index in [0.717, 1.165) is 0 Å². The van der Waals surface area contributed by atoms with Crippen molar-refractivity contribution in [3.8, 4) is 0 Å². The molecular formula is C14H17F3Si. The van der Waals surface area contributed by atoms with Crippen molar-refractivity contribution in [3.05, 3.63) is 48.6 Å². The van der Waals surface area contributed by atoms with Gasteiger partial charge in [0.15, 0.2) is 0 Å². The number of hydrogen-bond donors (Lipinski definition) is 0. The molecule has 0 amide bonds. The molecule has 0 fully saturated rings. The SMILES string of the molecule is C[Si](CCC(F)(F)F)(C1C=CC=C1)C1C=CC=C1. The molecule has 18 heavy (non-hydrogen) atoms. The minimum atomic E-state index is -4.05. The molecule has 2 aliphatic carbocycles. The first-order valence-corrected chi connectivity index (χ1v) is 9.05. The van der Waals surface area contributed by atoms with Crippen molar-refractivity contribution >= 4 is 8.07 Å². The van der Waals surface area contributed by atoms with Gasteiger partial charge in [-0.2, -0.15) is 13.2 Å². The molecule has 98 valence electrons. The van der Waals surface area contributed by atoms with Gasteiger partial charge in [0.25, 0.3) is 0 Å². The van der Waals surface area contributed by atoms with Crippen LogP contribution in [-0.4, -0.2) is 14.3 Å². The lowest BCUT2D eigenvalue weighted by atomic mass is 10.4. The molecule has 0 aliphatic heterocycles.